The Morgan fingerprint density at radius 2 is 2.36 bits per heavy atom. The number of nitrogens with zero attached hydrogens (tertiary/aromatic N) is 3. The zero-order valence-corrected chi connectivity index (χ0v) is 7.59. The Kier molecular flexibility index (Phi) is 2.28. The van der Waals surface area contributed by atoms with Crippen LogP contribution in [0.5, 0.6) is 0 Å². The second-order valence-corrected chi connectivity index (χ2v) is 2.91. The second kappa shape index (κ2) is 3.75. The fourth-order valence-corrected chi connectivity index (χ4v) is 1.34. The Hall–Kier alpha value is -2.08. The zero-order chi connectivity index (χ0) is 9.80. The van der Waals surface area contributed by atoms with E-state index < -0.39 is 0 Å². The first-order valence-corrected chi connectivity index (χ1v) is 4.37. The standard InChI is InChI=1S/C11H9N3/c12-9-10-5-4-6-13-11(10)14-7-2-1-3-8-14/h1-7H,8H2. The molecule has 0 saturated carbocycles. The molecule has 0 saturated heterocycles. The number of rotatable bonds is 1. The Balaban J connectivity index is 2.37. The number of anilines is 1. The van der Waals surface area contributed by atoms with E-state index >= 15 is 0 Å². The highest BCUT2D eigenvalue weighted by atomic mass is 15.2. The summed E-state index contributed by atoms with van der Waals surface area (Å²) in [6.07, 6.45) is 9.55. The van der Waals surface area contributed by atoms with E-state index in [9.17, 15) is 0 Å². The SMILES string of the molecule is N#Cc1cccnc1N1C=CC=CC1. The van der Waals surface area contributed by atoms with Crippen molar-refractivity contribution in [1.82, 2.24) is 4.98 Å². The highest BCUT2D eigenvalue weighted by molar-refractivity contribution is 5.56. The van der Waals surface area contributed by atoms with Crippen molar-refractivity contribution in [2.75, 3.05) is 11.4 Å². The lowest BCUT2D eigenvalue weighted by atomic mass is 10.2. The molecule has 3 heteroatoms. The maximum atomic E-state index is 8.89. The first-order chi connectivity index (χ1) is 6.92. The van der Waals surface area contributed by atoms with Gasteiger partial charge in [-0.2, -0.15) is 5.26 Å². The van der Waals surface area contributed by atoms with Crippen LogP contribution in [0.2, 0.25) is 0 Å². The predicted octanol–water partition coefficient (Wildman–Crippen LogP) is 1.84. The van der Waals surface area contributed by atoms with Crippen LogP contribution in [0.1, 0.15) is 5.56 Å². The Morgan fingerprint density at radius 3 is 3.07 bits per heavy atom. The third-order valence-corrected chi connectivity index (χ3v) is 1.99. The van der Waals surface area contributed by atoms with E-state index in [0.29, 0.717) is 5.56 Å². The van der Waals surface area contributed by atoms with Gasteiger partial charge in [-0.3, -0.25) is 0 Å². The van der Waals surface area contributed by atoms with Gasteiger partial charge in [-0.15, -0.1) is 0 Å². The first-order valence-electron chi connectivity index (χ1n) is 4.37. The van der Waals surface area contributed by atoms with Crippen LogP contribution in [0.15, 0.2) is 42.8 Å². The molecule has 0 bridgehead atoms. The summed E-state index contributed by atoms with van der Waals surface area (Å²) < 4.78 is 0. The minimum Gasteiger partial charge on any atom is -0.328 e. The van der Waals surface area contributed by atoms with Gasteiger partial charge in [0.1, 0.15) is 6.07 Å². The average molecular weight is 183 g/mol. The largest absolute Gasteiger partial charge is 0.328 e. The van der Waals surface area contributed by atoms with Gasteiger partial charge < -0.3 is 4.90 Å². The molecule has 1 aromatic rings. The molecule has 0 unspecified atom stereocenters. The quantitative estimate of drug-likeness (QED) is 0.667. The molecule has 0 radical (unpaired) electrons. The molecule has 0 amide bonds. The summed E-state index contributed by atoms with van der Waals surface area (Å²) in [7, 11) is 0. The second-order valence-electron chi connectivity index (χ2n) is 2.91. The number of hydrogen-bond donors (Lipinski definition) is 0. The molecule has 0 atom stereocenters. The van der Waals surface area contributed by atoms with Crippen molar-refractivity contribution in [2.24, 2.45) is 0 Å². The van der Waals surface area contributed by atoms with E-state index in [-0.39, 0.29) is 0 Å². The van der Waals surface area contributed by atoms with Gasteiger partial charge in [0.2, 0.25) is 0 Å². The van der Waals surface area contributed by atoms with E-state index in [4.69, 9.17) is 5.26 Å². The molecule has 0 aliphatic carbocycles. The van der Waals surface area contributed by atoms with Crippen molar-refractivity contribution < 1.29 is 0 Å². The summed E-state index contributed by atoms with van der Waals surface area (Å²) in [5, 5.41) is 8.89. The normalized spacial score (nSPS) is 14.1. The van der Waals surface area contributed by atoms with Gasteiger partial charge in [-0.25, -0.2) is 4.98 Å². The van der Waals surface area contributed by atoms with Crippen LogP contribution in [0.4, 0.5) is 5.82 Å². The van der Waals surface area contributed by atoms with Gasteiger partial charge in [-0.05, 0) is 18.2 Å². The van der Waals surface area contributed by atoms with Crippen molar-refractivity contribution >= 4 is 5.82 Å². The van der Waals surface area contributed by atoms with Crippen LogP contribution >= 0.6 is 0 Å². The molecule has 0 N–H and O–H groups in total. The molecule has 0 fully saturated rings. The van der Waals surface area contributed by atoms with Crippen LogP contribution in [0, 0.1) is 11.3 Å². The lowest BCUT2D eigenvalue weighted by molar-refractivity contribution is 1.02. The molecular weight excluding hydrogens is 174 g/mol. The van der Waals surface area contributed by atoms with E-state index in [1.165, 1.54) is 0 Å². The summed E-state index contributed by atoms with van der Waals surface area (Å²) >= 11 is 0. The van der Waals surface area contributed by atoms with Crippen LogP contribution in [-0.2, 0) is 0 Å². The number of aromatic nitrogens is 1. The summed E-state index contributed by atoms with van der Waals surface area (Å²) in [4.78, 5) is 6.13. The summed E-state index contributed by atoms with van der Waals surface area (Å²) in [6.45, 7) is 0.766. The lowest BCUT2D eigenvalue weighted by Gasteiger charge is -2.19. The molecule has 2 heterocycles. The van der Waals surface area contributed by atoms with Crippen LogP contribution in [0.25, 0.3) is 0 Å². The van der Waals surface area contributed by atoms with Gasteiger partial charge in [0.15, 0.2) is 5.82 Å². The van der Waals surface area contributed by atoms with Gasteiger partial charge in [0.05, 0.1) is 5.56 Å². The minimum absolute atomic E-state index is 0.604. The maximum absolute atomic E-state index is 8.89. The monoisotopic (exact) mass is 183 g/mol. The molecule has 14 heavy (non-hydrogen) atoms. The van der Waals surface area contributed by atoms with Crippen molar-refractivity contribution in [2.45, 2.75) is 0 Å². The summed E-state index contributed by atoms with van der Waals surface area (Å²) in [5.74, 6) is 0.718. The Morgan fingerprint density at radius 1 is 1.43 bits per heavy atom. The molecule has 1 aromatic heterocycles. The van der Waals surface area contributed by atoms with Crippen molar-refractivity contribution in [3.8, 4) is 6.07 Å². The first kappa shape index (κ1) is 8.52. The molecule has 0 spiro atoms. The van der Waals surface area contributed by atoms with E-state index in [1.54, 1.807) is 18.3 Å². The maximum Gasteiger partial charge on any atom is 0.150 e. The number of nitriles is 1. The average Bonchev–Trinajstić information content (AvgIpc) is 2.30. The molecule has 3 nitrogen and oxygen atoms in total. The van der Waals surface area contributed by atoms with Gasteiger partial charge in [0.25, 0.3) is 0 Å². The van der Waals surface area contributed by atoms with E-state index in [1.807, 2.05) is 29.3 Å². The molecule has 1 aliphatic rings. The van der Waals surface area contributed by atoms with E-state index in [0.717, 1.165) is 12.4 Å². The Bertz CT molecular complexity index is 426. The van der Waals surface area contributed by atoms with Crippen molar-refractivity contribution in [3.05, 3.63) is 48.3 Å². The predicted molar refractivity (Wildman–Crippen MR) is 54.6 cm³/mol. The van der Waals surface area contributed by atoms with E-state index in [2.05, 4.69) is 11.1 Å². The number of allylic oxidation sites excluding steroid dienone is 2. The molecule has 0 aromatic carbocycles. The third-order valence-electron chi connectivity index (χ3n) is 1.99. The summed E-state index contributed by atoms with van der Waals surface area (Å²) in [6, 6.07) is 5.67. The fraction of sp³-hybridized carbons (Fsp3) is 0.0909. The minimum atomic E-state index is 0.604. The third kappa shape index (κ3) is 1.50. The van der Waals surface area contributed by atoms with Gasteiger partial charge in [-0.1, -0.05) is 12.2 Å². The van der Waals surface area contributed by atoms with Gasteiger partial charge in [0, 0.05) is 18.9 Å². The Labute approximate surface area is 82.6 Å². The van der Waals surface area contributed by atoms with Crippen molar-refractivity contribution in [3.63, 3.8) is 0 Å². The van der Waals surface area contributed by atoms with Crippen LogP contribution < -0.4 is 4.90 Å². The fourth-order valence-electron chi connectivity index (χ4n) is 1.34. The van der Waals surface area contributed by atoms with Crippen molar-refractivity contribution in [1.29, 1.82) is 5.26 Å². The van der Waals surface area contributed by atoms with Gasteiger partial charge >= 0.3 is 0 Å². The highest BCUT2D eigenvalue weighted by Gasteiger charge is 2.09. The number of hydrogen-bond acceptors (Lipinski definition) is 3. The van der Waals surface area contributed by atoms with Crippen LogP contribution in [0.3, 0.4) is 0 Å². The number of pyridine rings is 1. The highest BCUT2D eigenvalue weighted by Crippen LogP contribution is 2.17. The molecule has 1 aliphatic heterocycles. The molecule has 68 valence electrons. The summed E-state index contributed by atoms with van der Waals surface area (Å²) in [5.41, 5.74) is 0.604. The topological polar surface area (TPSA) is 39.9 Å². The lowest BCUT2D eigenvalue weighted by Crippen LogP contribution is -2.19. The zero-order valence-electron chi connectivity index (χ0n) is 7.59. The smallest absolute Gasteiger partial charge is 0.150 e. The molecule has 2 rings (SSSR count). The van der Waals surface area contributed by atoms with Crippen LogP contribution in [-0.4, -0.2) is 11.5 Å². The molecular formula is C11H9N3.